The Labute approximate surface area is 111 Å². The molecule has 18 heavy (non-hydrogen) atoms. The van der Waals surface area contributed by atoms with E-state index >= 15 is 0 Å². The standard InChI is InChI=1S/C13H16ClNO3/c1-8(14)13(16)15-9(2)10-3-4-11-12(7-10)18-6-5-17-11/h3-4,7-9H,5-6H2,1-2H3,(H,15,16)/t8-,9-/m1/s1. The molecule has 0 radical (unpaired) electrons. The Hall–Kier alpha value is -1.42. The lowest BCUT2D eigenvalue weighted by Crippen LogP contribution is -2.32. The number of hydrogen-bond donors (Lipinski definition) is 1. The number of amides is 1. The predicted octanol–water partition coefficient (Wildman–Crippen LogP) is 2.26. The first-order chi connectivity index (χ1) is 8.58. The Balaban J connectivity index is 2.11. The van der Waals surface area contributed by atoms with Gasteiger partial charge in [0.2, 0.25) is 5.91 Å². The van der Waals surface area contributed by atoms with E-state index in [0.717, 1.165) is 17.1 Å². The fourth-order valence-corrected chi connectivity index (χ4v) is 1.80. The average Bonchev–Trinajstić information content (AvgIpc) is 2.37. The minimum Gasteiger partial charge on any atom is -0.486 e. The van der Waals surface area contributed by atoms with Gasteiger partial charge in [-0.15, -0.1) is 11.6 Å². The number of halogens is 1. The summed E-state index contributed by atoms with van der Waals surface area (Å²) in [5.74, 6) is 1.28. The number of carbonyl (C=O) groups is 1. The topological polar surface area (TPSA) is 47.6 Å². The number of hydrogen-bond acceptors (Lipinski definition) is 3. The third-order valence-corrected chi connectivity index (χ3v) is 2.98. The van der Waals surface area contributed by atoms with Crippen molar-refractivity contribution in [3.05, 3.63) is 23.8 Å². The zero-order chi connectivity index (χ0) is 13.1. The maximum atomic E-state index is 11.5. The van der Waals surface area contributed by atoms with E-state index < -0.39 is 5.38 Å². The first kappa shape index (κ1) is 13.0. The molecule has 98 valence electrons. The van der Waals surface area contributed by atoms with Crippen LogP contribution in [0.15, 0.2) is 18.2 Å². The highest BCUT2D eigenvalue weighted by Crippen LogP contribution is 2.32. The van der Waals surface area contributed by atoms with Gasteiger partial charge in [-0.25, -0.2) is 0 Å². The van der Waals surface area contributed by atoms with Crippen molar-refractivity contribution in [2.45, 2.75) is 25.3 Å². The van der Waals surface area contributed by atoms with Crippen LogP contribution >= 0.6 is 11.6 Å². The summed E-state index contributed by atoms with van der Waals surface area (Å²) >= 11 is 5.72. The Morgan fingerprint density at radius 3 is 2.61 bits per heavy atom. The Morgan fingerprint density at radius 1 is 1.28 bits per heavy atom. The molecule has 1 heterocycles. The van der Waals surface area contributed by atoms with E-state index in [1.165, 1.54) is 0 Å². The smallest absolute Gasteiger partial charge is 0.238 e. The SMILES string of the molecule is C[C@@H](Cl)C(=O)N[C@H](C)c1ccc2c(c1)OCCO2. The third kappa shape index (κ3) is 2.88. The van der Waals surface area contributed by atoms with Gasteiger partial charge in [0.1, 0.15) is 18.6 Å². The van der Waals surface area contributed by atoms with Crippen molar-refractivity contribution in [3.63, 3.8) is 0 Å². The second-order valence-electron chi connectivity index (χ2n) is 4.25. The van der Waals surface area contributed by atoms with Crippen LogP contribution < -0.4 is 14.8 Å². The van der Waals surface area contributed by atoms with Gasteiger partial charge in [-0.3, -0.25) is 4.79 Å². The molecular weight excluding hydrogens is 254 g/mol. The summed E-state index contributed by atoms with van der Waals surface area (Å²) in [5.41, 5.74) is 0.963. The highest BCUT2D eigenvalue weighted by Gasteiger charge is 2.17. The van der Waals surface area contributed by atoms with Gasteiger partial charge in [0, 0.05) is 0 Å². The molecular formula is C13H16ClNO3. The molecule has 0 bridgehead atoms. The minimum absolute atomic E-state index is 0.116. The summed E-state index contributed by atoms with van der Waals surface area (Å²) in [7, 11) is 0. The van der Waals surface area contributed by atoms with E-state index in [1.807, 2.05) is 25.1 Å². The van der Waals surface area contributed by atoms with Crippen molar-refractivity contribution >= 4 is 17.5 Å². The average molecular weight is 270 g/mol. The third-order valence-electron chi connectivity index (χ3n) is 2.79. The summed E-state index contributed by atoms with van der Waals surface area (Å²) in [6.07, 6.45) is 0. The monoisotopic (exact) mass is 269 g/mol. The number of nitrogens with one attached hydrogen (secondary N) is 1. The van der Waals surface area contributed by atoms with Gasteiger partial charge in [0.25, 0.3) is 0 Å². The zero-order valence-electron chi connectivity index (χ0n) is 10.4. The number of alkyl halides is 1. The number of ether oxygens (including phenoxy) is 2. The molecule has 2 atom stereocenters. The number of rotatable bonds is 3. The van der Waals surface area contributed by atoms with Crippen LogP contribution in [0.3, 0.4) is 0 Å². The summed E-state index contributed by atoms with van der Waals surface area (Å²) in [5, 5.41) is 2.30. The molecule has 2 rings (SSSR count). The predicted molar refractivity (Wildman–Crippen MR) is 69.3 cm³/mol. The van der Waals surface area contributed by atoms with Crippen LogP contribution in [0.2, 0.25) is 0 Å². The van der Waals surface area contributed by atoms with Crippen LogP contribution in [0.25, 0.3) is 0 Å². The molecule has 1 aromatic rings. The van der Waals surface area contributed by atoms with Crippen LogP contribution in [0, 0.1) is 0 Å². The molecule has 0 fully saturated rings. The van der Waals surface area contributed by atoms with Crippen LogP contribution in [-0.4, -0.2) is 24.5 Å². The van der Waals surface area contributed by atoms with Crippen LogP contribution in [0.5, 0.6) is 11.5 Å². The van der Waals surface area contributed by atoms with Gasteiger partial charge in [-0.05, 0) is 31.5 Å². The van der Waals surface area contributed by atoms with E-state index in [4.69, 9.17) is 21.1 Å². The summed E-state index contributed by atoms with van der Waals surface area (Å²) in [6, 6.07) is 5.54. The highest BCUT2D eigenvalue weighted by molar-refractivity contribution is 6.30. The molecule has 0 spiro atoms. The first-order valence-corrected chi connectivity index (χ1v) is 6.35. The second-order valence-corrected chi connectivity index (χ2v) is 4.90. The molecule has 0 unspecified atom stereocenters. The first-order valence-electron chi connectivity index (χ1n) is 5.92. The molecule has 1 aliphatic rings. The Kier molecular flexibility index (Phi) is 3.97. The van der Waals surface area contributed by atoms with E-state index in [2.05, 4.69) is 5.32 Å². The fraction of sp³-hybridized carbons (Fsp3) is 0.462. The molecule has 1 aromatic carbocycles. The molecule has 0 aliphatic carbocycles. The lowest BCUT2D eigenvalue weighted by Gasteiger charge is -2.21. The highest BCUT2D eigenvalue weighted by atomic mass is 35.5. The van der Waals surface area contributed by atoms with Crippen LogP contribution in [-0.2, 0) is 4.79 Å². The van der Waals surface area contributed by atoms with Gasteiger partial charge in [-0.1, -0.05) is 6.07 Å². The quantitative estimate of drug-likeness (QED) is 0.857. The molecule has 0 saturated carbocycles. The van der Waals surface area contributed by atoms with Crippen molar-refractivity contribution in [1.29, 1.82) is 0 Å². The van der Waals surface area contributed by atoms with E-state index in [9.17, 15) is 4.79 Å². The second kappa shape index (κ2) is 5.48. The Bertz CT molecular complexity index is 448. The molecule has 0 saturated heterocycles. The molecule has 1 aliphatic heterocycles. The van der Waals surface area contributed by atoms with Gasteiger partial charge in [0.15, 0.2) is 11.5 Å². The summed E-state index contributed by atoms with van der Waals surface area (Å²) in [6.45, 7) is 4.67. The summed E-state index contributed by atoms with van der Waals surface area (Å²) in [4.78, 5) is 11.5. The van der Waals surface area contributed by atoms with Crippen molar-refractivity contribution in [2.75, 3.05) is 13.2 Å². The molecule has 1 amide bonds. The molecule has 4 nitrogen and oxygen atoms in total. The van der Waals surface area contributed by atoms with Crippen LogP contribution in [0.4, 0.5) is 0 Å². The lowest BCUT2D eigenvalue weighted by molar-refractivity contribution is -0.121. The zero-order valence-corrected chi connectivity index (χ0v) is 11.2. The number of benzene rings is 1. The van der Waals surface area contributed by atoms with E-state index in [0.29, 0.717) is 13.2 Å². The van der Waals surface area contributed by atoms with Gasteiger partial charge in [-0.2, -0.15) is 0 Å². The van der Waals surface area contributed by atoms with Crippen molar-refractivity contribution < 1.29 is 14.3 Å². The van der Waals surface area contributed by atoms with Crippen molar-refractivity contribution in [3.8, 4) is 11.5 Å². The molecule has 1 N–H and O–H groups in total. The van der Waals surface area contributed by atoms with Crippen LogP contribution in [0.1, 0.15) is 25.5 Å². The van der Waals surface area contributed by atoms with Crippen molar-refractivity contribution in [1.82, 2.24) is 5.32 Å². The van der Waals surface area contributed by atoms with E-state index in [-0.39, 0.29) is 11.9 Å². The molecule has 5 heteroatoms. The maximum absolute atomic E-state index is 11.5. The van der Waals surface area contributed by atoms with Gasteiger partial charge >= 0.3 is 0 Å². The summed E-state index contributed by atoms with van der Waals surface area (Å²) < 4.78 is 10.9. The number of carbonyl (C=O) groups excluding carboxylic acids is 1. The van der Waals surface area contributed by atoms with Gasteiger partial charge in [0.05, 0.1) is 6.04 Å². The Morgan fingerprint density at radius 2 is 1.94 bits per heavy atom. The fourth-order valence-electron chi connectivity index (χ4n) is 1.74. The van der Waals surface area contributed by atoms with Gasteiger partial charge < -0.3 is 14.8 Å². The molecule has 0 aromatic heterocycles. The largest absolute Gasteiger partial charge is 0.486 e. The van der Waals surface area contributed by atoms with E-state index in [1.54, 1.807) is 6.92 Å². The maximum Gasteiger partial charge on any atom is 0.238 e. The normalized spacial score (nSPS) is 16.8. The lowest BCUT2D eigenvalue weighted by atomic mass is 10.1. The minimum atomic E-state index is -0.537. The van der Waals surface area contributed by atoms with Crippen molar-refractivity contribution in [2.24, 2.45) is 0 Å². The number of fused-ring (bicyclic) bond motifs is 1.